The number of rotatable bonds is 4. The molecular formula is C13H22N4O2. The van der Waals surface area contributed by atoms with Gasteiger partial charge < -0.3 is 10.1 Å². The highest BCUT2D eigenvalue weighted by atomic mass is 16.4. The smallest absolute Gasteiger partial charge is 0.327 e. The van der Waals surface area contributed by atoms with E-state index in [0.29, 0.717) is 11.7 Å². The van der Waals surface area contributed by atoms with Gasteiger partial charge in [-0.1, -0.05) is 0 Å². The maximum atomic E-state index is 11.6. The van der Waals surface area contributed by atoms with Gasteiger partial charge >= 0.3 is 5.97 Å². The predicted octanol–water partition coefficient (Wildman–Crippen LogP) is 0.870. The van der Waals surface area contributed by atoms with E-state index in [4.69, 9.17) is 0 Å². The van der Waals surface area contributed by atoms with Crippen LogP contribution in [0.15, 0.2) is 6.33 Å². The first-order valence-electron chi connectivity index (χ1n) is 6.71. The van der Waals surface area contributed by atoms with Crippen LogP contribution in [0.2, 0.25) is 0 Å². The van der Waals surface area contributed by atoms with Crippen molar-refractivity contribution in [1.82, 2.24) is 19.8 Å². The second kappa shape index (κ2) is 5.71. The third-order valence-electron chi connectivity index (χ3n) is 3.81. The number of hydrogen-bond donors (Lipinski definition) is 2. The lowest BCUT2D eigenvalue weighted by molar-refractivity contribution is -0.144. The first kappa shape index (κ1) is 14.0. The molecule has 1 fully saturated rings. The molecule has 106 valence electrons. The number of carbonyl (C=O) groups is 1. The molecule has 0 spiro atoms. The Morgan fingerprint density at radius 1 is 1.32 bits per heavy atom. The third-order valence-corrected chi connectivity index (χ3v) is 3.81. The summed E-state index contributed by atoms with van der Waals surface area (Å²) in [5.41, 5.74) is 1.46. The van der Waals surface area contributed by atoms with Gasteiger partial charge in [0.15, 0.2) is 6.04 Å². The average molecular weight is 266 g/mol. The number of aryl methyl sites for hydroxylation is 1. The largest absolute Gasteiger partial charge is 0.480 e. The third kappa shape index (κ3) is 2.96. The minimum Gasteiger partial charge on any atom is -0.480 e. The van der Waals surface area contributed by atoms with Crippen LogP contribution in [-0.2, 0) is 4.79 Å². The van der Waals surface area contributed by atoms with Crippen molar-refractivity contribution in [1.29, 1.82) is 0 Å². The lowest BCUT2D eigenvalue weighted by Crippen LogP contribution is -2.51. The van der Waals surface area contributed by atoms with Crippen molar-refractivity contribution in [2.75, 3.05) is 26.2 Å². The van der Waals surface area contributed by atoms with Crippen molar-refractivity contribution in [2.24, 2.45) is 0 Å². The molecule has 0 radical (unpaired) electrons. The molecule has 0 aromatic carbocycles. The summed E-state index contributed by atoms with van der Waals surface area (Å²) in [6, 6.07) is -0.127. The fraction of sp³-hybridized carbons (Fsp3) is 0.692. The van der Waals surface area contributed by atoms with Gasteiger partial charge in [0.05, 0.1) is 12.0 Å². The minimum atomic E-state index is -0.826. The molecule has 1 atom stereocenters. The minimum absolute atomic E-state index is 0.512. The topological polar surface area (TPSA) is 72.5 Å². The van der Waals surface area contributed by atoms with Crippen LogP contribution in [0.4, 0.5) is 0 Å². The lowest BCUT2D eigenvalue weighted by Gasteiger charge is -2.39. The Bertz CT molecular complexity index is 436. The first-order valence-corrected chi connectivity index (χ1v) is 6.71. The highest BCUT2D eigenvalue weighted by Crippen LogP contribution is 2.23. The summed E-state index contributed by atoms with van der Waals surface area (Å²) in [5.74, 6) is -0.826. The molecule has 1 aliphatic heterocycles. The van der Waals surface area contributed by atoms with Gasteiger partial charge in [-0.15, -0.1) is 0 Å². The van der Waals surface area contributed by atoms with Crippen LogP contribution in [0, 0.1) is 6.92 Å². The molecule has 1 aromatic rings. The number of carboxylic acids is 1. The van der Waals surface area contributed by atoms with E-state index in [1.807, 2.05) is 11.8 Å². The number of imidazole rings is 1. The first-order chi connectivity index (χ1) is 9.00. The Morgan fingerprint density at radius 3 is 2.32 bits per heavy atom. The molecule has 0 amide bonds. The van der Waals surface area contributed by atoms with Gasteiger partial charge in [-0.3, -0.25) is 14.6 Å². The number of hydrogen-bond acceptors (Lipinski definition) is 4. The predicted molar refractivity (Wildman–Crippen MR) is 72.0 cm³/mol. The SMILES string of the molecule is Cc1[nH]cnc1C(C(=O)O)N1CCN(C(C)C)CC1. The second-order valence-corrected chi connectivity index (χ2v) is 5.32. The Morgan fingerprint density at radius 2 is 1.89 bits per heavy atom. The maximum Gasteiger partial charge on any atom is 0.327 e. The van der Waals surface area contributed by atoms with Gasteiger partial charge in [-0.2, -0.15) is 0 Å². The zero-order valence-corrected chi connectivity index (χ0v) is 11.8. The molecule has 1 aromatic heterocycles. The average Bonchev–Trinajstić information content (AvgIpc) is 2.76. The van der Waals surface area contributed by atoms with E-state index < -0.39 is 12.0 Å². The summed E-state index contributed by atoms with van der Waals surface area (Å²) in [5, 5.41) is 9.49. The van der Waals surface area contributed by atoms with E-state index in [1.54, 1.807) is 6.33 Å². The summed E-state index contributed by atoms with van der Waals surface area (Å²) in [4.78, 5) is 23.1. The number of aromatic amines is 1. The number of nitrogens with one attached hydrogen (secondary N) is 1. The molecule has 1 unspecified atom stereocenters. The highest BCUT2D eigenvalue weighted by Gasteiger charge is 2.33. The number of H-pyrrole nitrogens is 1. The Labute approximate surface area is 113 Å². The van der Waals surface area contributed by atoms with Crippen molar-refractivity contribution in [3.05, 3.63) is 17.7 Å². The summed E-state index contributed by atoms with van der Waals surface area (Å²) >= 11 is 0. The quantitative estimate of drug-likeness (QED) is 0.846. The van der Waals surface area contributed by atoms with Gasteiger partial charge in [0, 0.05) is 37.9 Å². The van der Waals surface area contributed by atoms with Crippen LogP contribution in [-0.4, -0.2) is 63.1 Å². The summed E-state index contributed by atoms with van der Waals surface area (Å²) in [6.07, 6.45) is 1.56. The van der Waals surface area contributed by atoms with Crippen molar-refractivity contribution in [2.45, 2.75) is 32.9 Å². The molecule has 6 nitrogen and oxygen atoms in total. The molecule has 2 N–H and O–H groups in total. The van der Waals surface area contributed by atoms with E-state index in [0.717, 1.165) is 31.9 Å². The molecule has 0 saturated carbocycles. The molecule has 1 aliphatic rings. The molecule has 0 aliphatic carbocycles. The summed E-state index contributed by atoms with van der Waals surface area (Å²) < 4.78 is 0. The Balaban J connectivity index is 2.10. The zero-order chi connectivity index (χ0) is 14.0. The van der Waals surface area contributed by atoms with Crippen LogP contribution in [0.5, 0.6) is 0 Å². The van der Waals surface area contributed by atoms with E-state index in [-0.39, 0.29) is 0 Å². The number of carboxylic acid groups (broad SMARTS) is 1. The molecular weight excluding hydrogens is 244 g/mol. The normalized spacial score (nSPS) is 19.8. The lowest BCUT2D eigenvalue weighted by atomic mass is 10.1. The zero-order valence-electron chi connectivity index (χ0n) is 11.8. The molecule has 6 heteroatoms. The van der Waals surface area contributed by atoms with E-state index in [2.05, 4.69) is 28.7 Å². The van der Waals surface area contributed by atoms with Gasteiger partial charge in [0.25, 0.3) is 0 Å². The van der Waals surface area contributed by atoms with E-state index >= 15 is 0 Å². The number of nitrogens with zero attached hydrogens (tertiary/aromatic N) is 3. The van der Waals surface area contributed by atoms with E-state index in [1.165, 1.54) is 0 Å². The number of aromatic nitrogens is 2. The van der Waals surface area contributed by atoms with Gasteiger partial charge in [0.1, 0.15) is 0 Å². The van der Waals surface area contributed by atoms with Crippen LogP contribution in [0.1, 0.15) is 31.3 Å². The van der Waals surface area contributed by atoms with Crippen molar-refractivity contribution in [3.63, 3.8) is 0 Å². The summed E-state index contributed by atoms with van der Waals surface area (Å²) in [7, 11) is 0. The van der Waals surface area contributed by atoms with Gasteiger partial charge in [-0.05, 0) is 20.8 Å². The monoisotopic (exact) mass is 266 g/mol. The van der Waals surface area contributed by atoms with Crippen molar-refractivity contribution in [3.8, 4) is 0 Å². The molecule has 19 heavy (non-hydrogen) atoms. The highest BCUT2D eigenvalue weighted by molar-refractivity contribution is 5.75. The number of piperazine rings is 1. The van der Waals surface area contributed by atoms with Crippen LogP contribution < -0.4 is 0 Å². The van der Waals surface area contributed by atoms with Crippen LogP contribution in [0.25, 0.3) is 0 Å². The van der Waals surface area contributed by atoms with Crippen LogP contribution in [0.3, 0.4) is 0 Å². The van der Waals surface area contributed by atoms with Crippen molar-refractivity contribution >= 4 is 5.97 Å². The maximum absolute atomic E-state index is 11.6. The van der Waals surface area contributed by atoms with Gasteiger partial charge in [0.2, 0.25) is 0 Å². The fourth-order valence-electron chi connectivity index (χ4n) is 2.60. The van der Waals surface area contributed by atoms with Gasteiger partial charge in [-0.25, -0.2) is 4.98 Å². The molecule has 2 rings (SSSR count). The van der Waals surface area contributed by atoms with Crippen LogP contribution >= 0.6 is 0 Å². The number of aliphatic carboxylic acids is 1. The molecule has 2 heterocycles. The Hall–Kier alpha value is -1.40. The Kier molecular flexibility index (Phi) is 4.21. The van der Waals surface area contributed by atoms with E-state index in [9.17, 15) is 9.90 Å². The van der Waals surface area contributed by atoms with Crippen molar-refractivity contribution < 1.29 is 9.90 Å². The summed E-state index contributed by atoms with van der Waals surface area (Å²) in [6.45, 7) is 9.55. The fourth-order valence-corrected chi connectivity index (χ4v) is 2.60. The standard InChI is InChI=1S/C13H22N4O2/c1-9(2)16-4-6-17(7-5-16)12(13(18)19)11-10(3)14-8-15-11/h8-9,12H,4-7H2,1-3H3,(H,14,15)(H,18,19). The molecule has 1 saturated heterocycles. The molecule has 0 bridgehead atoms. The second-order valence-electron chi connectivity index (χ2n) is 5.32.